The smallest absolute Gasteiger partial charge is 0.407 e. The van der Waals surface area contributed by atoms with Gasteiger partial charge in [-0.3, -0.25) is 0 Å². The van der Waals surface area contributed by atoms with Gasteiger partial charge < -0.3 is 20.1 Å². The van der Waals surface area contributed by atoms with E-state index in [1.165, 1.54) is 5.56 Å². The van der Waals surface area contributed by atoms with Crippen LogP contribution in [0.25, 0.3) is 0 Å². The Morgan fingerprint density at radius 2 is 1.82 bits per heavy atom. The summed E-state index contributed by atoms with van der Waals surface area (Å²) in [5.74, 6) is -0.125. The molecule has 156 valence electrons. The third kappa shape index (κ3) is 6.82. The van der Waals surface area contributed by atoms with Crippen LogP contribution in [0.4, 0.5) is 4.79 Å². The normalized spacial score (nSPS) is 16.2. The third-order valence-corrected chi connectivity index (χ3v) is 5.19. The lowest BCUT2D eigenvalue weighted by Crippen LogP contribution is -2.41. The fourth-order valence-corrected chi connectivity index (χ4v) is 3.46. The average molecular weight is 391 g/mol. The summed E-state index contributed by atoms with van der Waals surface area (Å²) in [7, 11) is 0. The molecule has 0 saturated carbocycles. The summed E-state index contributed by atoms with van der Waals surface area (Å²) < 4.78 is 5.34. The van der Waals surface area contributed by atoms with Gasteiger partial charge in [-0.25, -0.2) is 9.59 Å². The van der Waals surface area contributed by atoms with Gasteiger partial charge in [0, 0.05) is 26.2 Å². The molecule has 28 heavy (non-hydrogen) atoms. The molecule has 1 aromatic rings. The minimum atomic E-state index is -0.878. The highest BCUT2D eigenvalue weighted by molar-refractivity contribution is 5.87. The van der Waals surface area contributed by atoms with Crippen molar-refractivity contribution in [3.05, 3.63) is 34.9 Å². The number of alkyl carbamates (subject to hydrolysis) is 1. The zero-order valence-electron chi connectivity index (χ0n) is 17.7. The van der Waals surface area contributed by atoms with Gasteiger partial charge in [-0.1, -0.05) is 19.9 Å². The van der Waals surface area contributed by atoms with Crippen molar-refractivity contribution in [1.82, 2.24) is 10.2 Å². The number of carbonyl (C=O) groups is 2. The SMILES string of the molecule is CC(C)C(CNC(=O)OC(C)(C)C)CN1CCc2ccc(C(=O)O)cc2CC1. The lowest BCUT2D eigenvalue weighted by atomic mass is 9.95. The molecular formula is C22H34N2O4. The van der Waals surface area contributed by atoms with E-state index < -0.39 is 11.6 Å². The summed E-state index contributed by atoms with van der Waals surface area (Å²) in [5, 5.41) is 12.1. The Labute approximate surface area is 168 Å². The van der Waals surface area contributed by atoms with E-state index in [1.807, 2.05) is 32.9 Å². The van der Waals surface area contributed by atoms with Gasteiger partial charge in [0.05, 0.1) is 5.56 Å². The van der Waals surface area contributed by atoms with Gasteiger partial charge >= 0.3 is 12.1 Å². The van der Waals surface area contributed by atoms with Crippen molar-refractivity contribution in [2.24, 2.45) is 11.8 Å². The maximum atomic E-state index is 12.0. The van der Waals surface area contributed by atoms with Crippen LogP contribution in [0.2, 0.25) is 0 Å². The highest BCUT2D eigenvalue weighted by Gasteiger charge is 2.23. The number of rotatable bonds is 6. The summed E-state index contributed by atoms with van der Waals surface area (Å²) in [4.78, 5) is 25.6. The number of amides is 1. The van der Waals surface area contributed by atoms with E-state index in [-0.39, 0.29) is 6.09 Å². The van der Waals surface area contributed by atoms with E-state index in [0.717, 1.165) is 38.0 Å². The van der Waals surface area contributed by atoms with Crippen LogP contribution in [0.3, 0.4) is 0 Å². The maximum Gasteiger partial charge on any atom is 0.407 e. The minimum Gasteiger partial charge on any atom is -0.478 e. The van der Waals surface area contributed by atoms with Crippen LogP contribution in [-0.2, 0) is 17.6 Å². The lowest BCUT2D eigenvalue weighted by molar-refractivity contribution is 0.0508. The molecule has 2 rings (SSSR count). The molecule has 0 aromatic heterocycles. The zero-order valence-corrected chi connectivity index (χ0v) is 17.7. The number of ether oxygens (including phenoxy) is 1. The Morgan fingerprint density at radius 3 is 2.39 bits per heavy atom. The molecule has 1 unspecified atom stereocenters. The van der Waals surface area contributed by atoms with Crippen LogP contribution in [0, 0.1) is 11.8 Å². The van der Waals surface area contributed by atoms with Crippen LogP contribution in [0.1, 0.15) is 56.1 Å². The molecule has 6 nitrogen and oxygen atoms in total. The van der Waals surface area contributed by atoms with E-state index in [4.69, 9.17) is 4.74 Å². The van der Waals surface area contributed by atoms with Gasteiger partial charge in [0.25, 0.3) is 0 Å². The van der Waals surface area contributed by atoms with Crippen molar-refractivity contribution < 1.29 is 19.4 Å². The van der Waals surface area contributed by atoms with E-state index in [9.17, 15) is 14.7 Å². The second-order valence-corrected chi connectivity index (χ2v) is 8.98. The number of benzene rings is 1. The molecule has 0 radical (unpaired) electrons. The van der Waals surface area contributed by atoms with E-state index in [2.05, 4.69) is 24.1 Å². The summed E-state index contributed by atoms with van der Waals surface area (Å²) in [6, 6.07) is 5.45. The quantitative estimate of drug-likeness (QED) is 0.776. The molecule has 1 heterocycles. The number of carboxylic acid groups (broad SMARTS) is 1. The third-order valence-electron chi connectivity index (χ3n) is 5.19. The summed E-state index contributed by atoms with van der Waals surface area (Å²) in [6.07, 6.45) is 1.39. The van der Waals surface area contributed by atoms with Crippen molar-refractivity contribution in [1.29, 1.82) is 0 Å². The van der Waals surface area contributed by atoms with Crippen LogP contribution in [0.15, 0.2) is 18.2 Å². The van der Waals surface area contributed by atoms with E-state index in [0.29, 0.717) is 23.9 Å². The van der Waals surface area contributed by atoms with Crippen molar-refractivity contribution in [2.75, 3.05) is 26.2 Å². The zero-order chi connectivity index (χ0) is 20.9. The number of nitrogens with one attached hydrogen (secondary N) is 1. The number of aromatic carboxylic acids is 1. The first kappa shape index (κ1) is 22.2. The van der Waals surface area contributed by atoms with Gasteiger partial charge in [0.15, 0.2) is 0 Å². The molecule has 0 fully saturated rings. The number of carbonyl (C=O) groups excluding carboxylic acids is 1. The highest BCUT2D eigenvalue weighted by Crippen LogP contribution is 2.20. The number of hydrogen-bond acceptors (Lipinski definition) is 4. The first-order valence-electron chi connectivity index (χ1n) is 10.1. The molecule has 1 aliphatic heterocycles. The second-order valence-electron chi connectivity index (χ2n) is 8.98. The molecule has 2 N–H and O–H groups in total. The topological polar surface area (TPSA) is 78.9 Å². The van der Waals surface area contributed by atoms with Crippen LogP contribution in [-0.4, -0.2) is 53.8 Å². The van der Waals surface area contributed by atoms with Crippen molar-refractivity contribution >= 4 is 12.1 Å². The number of nitrogens with zero attached hydrogens (tertiary/aromatic N) is 1. The molecule has 0 aliphatic carbocycles. The molecule has 0 spiro atoms. The standard InChI is InChI=1S/C22H34N2O4/c1-15(2)19(13-23-21(27)28-22(3,4)5)14-24-10-8-16-6-7-18(20(25)26)12-17(16)9-11-24/h6-7,12,15,19H,8-11,13-14H2,1-5H3,(H,23,27)(H,25,26). The second kappa shape index (κ2) is 9.41. The van der Waals surface area contributed by atoms with Gasteiger partial charge in [-0.15, -0.1) is 0 Å². The van der Waals surface area contributed by atoms with Crippen molar-refractivity contribution in [2.45, 2.75) is 53.1 Å². The Kier molecular flexibility index (Phi) is 7.47. The van der Waals surface area contributed by atoms with Crippen molar-refractivity contribution in [3.63, 3.8) is 0 Å². The lowest BCUT2D eigenvalue weighted by Gasteiger charge is -2.29. The van der Waals surface area contributed by atoms with Crippen molar-refractivity contribution in [3.8, 4) is 0 Å². The molecule has 1 amide bonds. The number of fused-ring (bicyclic) bond motifs is 1. The molecular weight excluding hydrogens is 356 g/mol. The Bertz CT molecular complexity index is 694. The fourth-order valence-electron chi connectivity index (χ4n) is 3.46. The summed E-state index contributed by atoms with van der Waals surface area (Å²) in [5.41, 5.74) is 2.23. The first-order valence-corrected chi connectivity index (χ1v) is 10.1. The molecule has 0 saturated heterocycles. The van der Waals surface area contributed by atoms with Crippen LogP contribution >= 0.6 is 0 Å². The number of carboxylic acids is 1. The fraction of sp³-hybridized carbons (Fsp3) is 0.636. The van der Waals surface area contributed by atoms with Crippen LogP contribution < -0.4 is 5.32 Å². The average Bonchev–Trinajstić information content (AvgIpc) is 2.78. The molecule has 0 bridgehead atoms. The van der Waals surface area contributed by atoms with Crippen LogP contribution in [0.5, 0.6) is 0 Å². The highest BCUT2D eigenvalue weighted by atomic mass is 16.6. The Morgan fingerprint density at radius 1 is 1.18 bits per heavy atom. The monoisotopic (exact) mass is 390 g/mol. The summed E-state index contributed by atoms with van der Waals surface area (Å²) in [6.45, 7) is 13.2. The molecule has 1 aromatic carbocycles. The molecule has 1 aliphatic rings. The minimum absolute atomic E-state index is 0.323. The van der Waals surface area contributed by atoms with E-state index in [1.54, 1.807) is 6.07 Å². The first-order chi connectivity index (χ1) is 13.0. The van der Waals surface area contributed by atoms with Gasteiger partial charge in [0.2, 0.25) is 0 Å². The number of hydrogen-bond donors (Lipinski definition) is 2. The Hall–Kier alpha value is -2.08. The molecule has 1 atom stereocenters. The predicted octanol–water partition coefficient (Wildman–Crippen LogP) is 3.58. The van der Waals surface area contributed by atoms with Gasteiger partial charge in [-0.05, 0) is 68.7 Å². The summed E-state index contributed by atoms with van der Waals surface area (Å²) >= 11 is 0. The van der Waals surface area contributed by atoms with E-state index >= 15 is 0 Å². The Balaban J connectivity index is 1.93. The van der Waals surface area contributed by atoms with Gasteiger partial charge in [-0.2, -0.15) is 0 Å². The van der Waals surface area contributed by atoms with Gasteiger partial charge in [0.1, 0.15) is 5.60 Å². The molecule has 6 heteroatoms. The predicted molar refractivity (Wildman–Crippen MR) is 110 cm³/mol. The maximum absolute atomic E-state index is 12.0. The largest absolute Gasteiger partial charge is 0.478 e.